The molecule has 0 bridgehead atoms. The largest absolute Gasteiger partial charge is 0.379 e. The van der Waals surface area contributed by atoms with Gasteiger partial charge in [-0.25, -0.2) is 0 Å². The van der Waals surface area contributed by atoms with E-state index in [0.717, 1.165) is 19.4 Å². The molecule has 1 rings (SSSR count). The maximum absolute atomic E-state index is 9.64. The van der Waals surface area contributed by atoms with E-state index in [-0.39, 0.29) is 6.17 Å². The standard InChI is InChI=1S/C19H36N2O/c1-3-4-5-6-7-8-9-10-11-12-13-14-15-19-20-16-17-21(19)18(2)22/h12-13,16,18-19,22H,3-11,14-15,17H2,1-2H3/b13-12+. The van der Waals surface area contributed by atoms with Gasteiger partial charge in [0.05, 0.1) is 0 Å². The van der Waals surface area contributed by atoms with Gasteiger partial charge in [0, 0.05) is 12.8 Å². The van der Waals surface area contributed by atoms with Gasteiger partial charge in [-0.3, -0.25) is 9.89 Å². The van der Waals surface area contributed by atoms with E-state index in [0.29, 0.717) is 0 Å². The third-order valence-electron chi connectivity index (χ3n) is 4.42. The van der Waals surface area contributed by atoms with Gasteiger partial charge in [-0.05, 0) is 32.6 Å². The lowest BCUT2D eigenvalue weighted by Crippen LogP contribution is -2.37. The van der Waals surface area contributed by atoms with Crippen LogP contribution in [0.5, 0.6) is 0 Å². The van der Waals surface area contributed by atoms with Gasteiger partial charge < -0.3 is 5.11 Å². The summed E-state index contributed by atoms with van der Waals surface area (Å²) in [4.78, 5) is 6.47. The Morgan fingerprint density at radius 2 is 1.73 bits per heavy atom. The minimum Gasteiger partial charge on any atom is -0.379 e. The SMILES string of the molecule is CCCCCCCCCC/C=C/CCC1N=CCN1C(C)O. The number of unbranched alkanes of at least 4 members (excludes halogenated alkanes) is 8. The van der Waals surface area contributed by atoms with Crippen molar-refractivity contribution in [2.24, 2.45) is 4.99 Å². The molecule has 128 valence electrons. The van der Waals surface area contributed by atoms with Crippen LogP contribution in [0.15, 0.2) is 17.1 Å². The van der Waals surface area contributed by atoms with E-state index < -0.39 is 6.23 Å². The van der Waals surface area contributed by atoms with Crippen molar-refractivity contribution in [3.8, 4) is 0 Å². The van der Waals surface area contributed by atoms with Crippen molar-refractivity contribution in [1.82, 2.24) is 4.90 Å². The molecule has 0 amide bonds. The molecule has 2 atom stereocenters. The van der Waals surface area contributed by atoms with Crippen LogP contribution in [-0.2, 0) is 0 Å². The van der Waals surface area contributed by atoms with Gasteiger partial charge in [0.15, 0.2) is 0 Å². The van der Waals surface area contributed by atoms with E-state index in [1.165, 1.54) is 57.8 Å². The number of nitrogens with zero attached hydrogens (tertiary/aromatic N) is 2. The lowest BCUT2D eigenvalue weighted by Gasteiger charge is -2.25. The fraction of sp³-hybridized carbons (Fsp3) is 0.842. The number of aliphatic imine (C=N–C) groups is 1. The van der Waals surface area contributed by atoms with Crippen LogP contribution >= 0.6 is 0 Å². The Balaban J connectivity index is 1.91. The Hall–Kier alpha value is -0.670. The smallest absolute Gasteiger partial charge is 0.106 e. The molecular weight excluding hydrogens is 272 g/mol. The molecule has 1 N–H and O–H groups in total. The fourth-order valence-corrected chi connectivity index (χ4v) is 2.99. The van der Waals surface area contributed by atoms with Crippen molar-refractivity contribution in [3.63, 3.8) is 0 Å². The Morgan fingerprint density at radius 1 is 1.09 bits per heavy atom. The molecule has 3 heteroatoms. The summed E-state index contributed by atoms with van der Waals surface area (Å²) in [5, 5.41) is 9.64. The molecule has 22 heavy (non-hydrogen) atoms. The average Bonchev–Trinajstić information content (AvgIpc) is 2.97. The van der Waals surface area contributed by atoms with E-state index >= 15 is 0 Å². The van der Waals surface area contributed by atoms with Crippen molar-refractivity contribution in [3.05, 3.63) is 12.2 Å². The normalized spacial score (nSPS) is 20.2. The average molecular weight is 309 g/mol. The number of rotatable bonds is 13. The molecular formula is C19H36N2O. The van der Waals surface area contributed by atoms with E-state index in [9.17, 15) is 5.11 Å². The second-order valence-corrected chi connectivity index (χ2v) is 6.45. The summed E-state index contributed by atoms with van der Waals surface area (Å²) in [5.74, 6) is 0. The summed E-state index contributed by atoms with van der Waals surface area (Å²) in [6.45, 7) is 4.87. The molecule has 3 nitrogen and oxygen atoms in total. The van der Waals surface area contributed by atoms with Gasteiger partial charge in [-0.15, -0.1) is 0 Å². The third kappa shape index (κ3) is 8.70. The number of allylic oxidation sites excluding steroid dienone is 2. The maximum atomic E-state index is 9.64. The van der Waals surface area contributed by atoms with Gasteiger partial charge >= 0.3 is 0 Å². The topological polar surface area (TPSA) is 35.8 Å². The number of aliphatic hydroxyl groups excluding tert-OH is 1. The van der Waals surface area contributed by atoms with E-state index in [1.54, 1.807) is 0 Å². The molecule has 0 aromatic rings. The Kier molecular flexibility index (Phi) is 11.3. The summed E-state index contributed by atoms with van der Waals surface area (Å²) >= 11 is 0. The molecule has 0 saturated heterocycles. The van der Waals surface area contributed by atoms with E-state index in [1.807, 2.05) is 18.0 Å². The highest BCUT2D eigenvalue weighted by atomic mass is 16.3. The highest BCUT2D eigenvalue weighted by Gasteiger charge is 2.23. The van der Waals surface area contributed by atoms with Crippen LogP contribution in [0.4, 0.5) is 0 Å². The molecule has 0 spiro atoms. The van der Waals surface area contributed by atoms with E-state index in [4.69, 9.17) is 0 Å². The van der Waals surface area contributed by atoms with Gasteiger partial charge in [-0.2, -0.15) is 0 Å². The van der Waals surface area contributed by atoms with Crippen LogP contribution in [0, 0.1) is 0 Å². The van der Waals surface area contributed by atoms with Gasteiger partial charge in [-0.1, -0.05) is 64.0 Å². The molecule has 0 radical (unpaired) electrons. The van der Waals surface area contributed by atoms with Crippen molar-refractivity contribution < 1.29 is 5.11 Å². The predicted molar refractivity (Wildman–Crippen MR) is 96.3 cm³/mol. The van der Waals surface area contributed by atoms with Crippen LogP contribution < -0.4 is 0 Å². The van der Waals surface area contributed by atoms with Gasteiger partial charge in [0.1, 0.15) is 12.4 Å². The molecule has 0 fully saturated rings. The quantitative estimate of drug-likeness (QED) is 0.388. The first kappa shape index (κ1) is 19.4. The Labute approximate surface area is 137 Å². The highest BCUT2D eigenvalue weighted by Crippen LogP contribution is 2.15. The molecule has 2 unspecified atom stereocenters. The lowest BCUT2D eigenvalue weighted by molar-refractivity contribution is 0.00797. The van der Waals surface area contributed by atoms with Crippen LogP contribution in [0.1, 0.15) is 84.5 Å². The van der Waals surface area contributed by atoms with Crippen LogP contribution in [0.3, 0.4) is 0 Å². The minimum atomic E-state index is -0.395. The fourth-order valence-electron chi connectivity index (χ4n) is 2.99. The van der Waals surface area contributed by atoms with E-state index in [2.05, 4.69) is 24.1 Å². The Bertz CT molecular complexity index is 313. The molecule has 1 aliphatic rings. The summed E-state index contributed by atoms with van der Waals surface area (Å²) < 4.78 is 0. The van der Waals surface area contributed by atoms with Crippen LogP contribution in [0.25, 0.3) is 0 Å². The van der Waals surface area contributed by atoms with Crippen molar-refractivity contribution in [1.29, 1.82) is 0 Å². The third-order valence-corrected chi connectivity index (χ3v) is 4.42. The summed E-state index contributed by atoms with van der Waals surface area (Å²) in [6.07, 6.45) is 20.7. The molecule has 0 saturated carbocycles. The number of hydrogen-bond acceptors (Lipinski definition) is 3. The zero-order chi connectivity index (χ0) is 16.0. The predicted octanol–water partition coefficient (Wildman–Crippen LogP) is 4.90. The number of hydrogen-bond donors (Lipinski definition) is 1. The Morgan fingerprint density at radius 3 is 2.41 bits per heavy atom. The van der Waals surface area contributed by atoms with Crippen LogP contribution in [0.2, 0.25) is 0 Å². The van der Waals surface area contributed by atoms with Crippen molar-refractivity contribution in [2.75, 3.05) is 6.54 Å². The molecule has 1 aliphatic heterocycles. The number of aliphatic hydroxyl groups is 1. The second-order valence-electron chi connectivity index (χ2n) is 6.45. The second kappa shape index (κ2) is 12.8. The summed E-state index contributed by atoms with van der Waals surface area (Å²) in [6, 6.07) is 0. The summed E-state index contributed by atoms with van der Waals surface area (Å²) in [7, 11) is 0. The minimum absolute atomic E-state index is 0.174. The van der Waals surface area contributed by atoms with Crippen molar-refractivity contribution in [2.45, 2.75) is 96.9 Å². The first-order valence-electron chi connectivity index (χ1n) is 9.36. The van der Waals surface area contributed by atoms with Gasteiger partial charge in [0.25, 0.3) is 0 Å². The highest BCUT2D eigenvalue weighted by molar-refractivity contribution is 5.62. The first-order valence-corrected chi connectivity index (χ1v) is 9.36. The molecule has 0 aromatic carbocycles. The van der Waals surface area contributed by atoms with Crippen molar-refractivity contribution >= 4 is 6.21 Å². The zero-order valence-electron chi connectivity index (χ0n) is 14.7. The monoisotopic (exact) mass is 308 g/mol. The first-order chi connectivity index (χ1) is 10.8. The molecule has 0 aromatic heterocycles. The van der Waals surface area contributed by atoms with Crippen LogP contribution in [-0.4, -0.2) is 35.2 Å². The maximum Gasteiger partial charge on any atom is 0.106 e. The molecule has 0 aliphatic carbocycles. The summed E-state index contributed by atoms with van der Waals surface area (Å²) in [5.41, 5.74) is 0. The molecule has 1 heterocycles. The zero-order valence-corrected chi connectivity index (χ0v) is 14.7. The lowest BCUT2D eigenvalue weighted by atomic mass is 10.1. The van der Waals surface area contributed by atoms with Gasteiger partial charge in [0.2, 0.25) is 0 Å².